The van der Waals surface area contributed by atoms with Gasteiger partial charge < -0.3 is 10.2 Å². The summed E-state index contributed by atoms with van der Waals surface area (Å²) in [7, 11) is 0. The Labute approximate surface area is 126 Å². The van der Waals surface area contributed by atoms with E-state index in [-0.39, 0.29) is 0 Å². The van der Waals surface area contributed by atoms with E-state index in [9.17, 15) is 0 Å². The molecule has 2 aromatic rings. The summed E-state index contributed by atoms with van der Waals surface area (Å²) < 4.78 is 0. The quantitative estimate of drug-likeness (QED) is 0.935. The smallest absolute Gasteiger partial charge is 0.0452 e. The Hall–Kier alpha value is -1.61. The molecule has 0 spiro atoms. The maximum absolute atomic E-state index is 4.26. The summed E-state index contributed by atoms with van der Waals surface area (Å²) in [5.41, 5.74) is 1.41. The van der Waals surface area contributed by atoms with Crippen molar-refractivity contribution in [1.29, 1.82) is 0 Å². The Morgan fingerprint density at radius 3 is 2.76 bits per heavy atom. The van der Waals surface area contributed by atoms with Gasteiger partial charge in [-0.25, -0.2) is 0 Å². The van der Waals surface area contributed by atoms with Crippen LogP contribution in [-0.2, 0) is 0 Å². The lowest BCUT2D eigenvalue weighted by molar-refractivity contribution is 0.362. The van der Waals surface area contributed by atoms with Crippen LogP contribution in [0.1, 0.15) is 32.6 Å². The molecule has 1 aromatic carbocycles. The third-order valence-electron chi connectivity index (χ3n) is 5.16. The Morgan fingerprint density at radius 2 is 2.00 bits per heavy atom. The lowest BCUT2D eigenvalue weighted by Crippen LogP contribution is -2.49. The standard InChI is InChI=1S/C18H23N3/c1-2-20-14-10-15-6-7-16(11-14)21(15)18-5-3-4-13-12-19-9-8-17(13)18/h3-5,8-9,12,14-16,20H,2,6-7,10-11H2,1H3. The van der Waals surface area contributed by atoms with Gasteiger partial charge in [-0.05, 0) is 44.4 Å². The maximum Gasteiger partial charge on any atom is 0.0452 e. The first kappa shape index (κ1) is 13.1. The van der Waals surface area contributed by atoms with Crippen molar-refractivity contribution in [2.24, 2.45) is 0 Å². The molecule has 21 heavy (non-hydrogen) atoms. The number of benzene rings is 1. The summed E-state index contributed by atoms with van der Waals surface area (Å²) in [6.45, 7) is 3.30. The molecule has 3 heterocycles. The molecular weight excluding hydrogens is 258 g/mol. The number of fused-ring (bicyclic) bond motifs is 3. The van der Waals surface area contributed by atoms with Crippen molar-refractivity contribution in [3.05, 3.63) is 36.7 Å². The topological polar surface area (TPSA) is 28.2 Å². The van der Waals surface area contributed by atoms with E-state index in [4.69, 9.17) is 0 Å². The summed E-state index contributed by atoms with van der Waals surface area (Å²) in [5.74, 6) is 0. The molecule has 3 heteroatoms. The third-order valence-corrected chi connectivity index (χ3v) is 5.16. The van der Waals surface area contributed by atoms with E-state index in [1.165, 1.54) is 42.1 Å². The van der Waals surface area contributed by atoms with E-state index in [0.29, 0.717) is 18.1 Å². The van der Waals surface area contributed by atoms with Crippen LogP contribution in [0.25, 0.3) is 10.8 Å². The lowest BCUT2D eigenvalue weighted by atomic mass is 9.95. The summed E-state index contributed by atoms with van der Waals surface area (Å²) >= 11 is 0. The minimum absolute atomic E-state index is 0.701. The normalized spacial score (nSPS) is 28.2. The number of piperidine rings is 1. The number of anilines is 1. The van der Waals surface area contributed by atoms with Crippen LogP contribution in [0.3, 0.4) is 0 Å². The van der Waals surface area contributed by atoms with Gasteiger partial charge in [0.2, 0.25) is 0 Å². The SMILES string of the molecule is CCNC1CC2CCC(C1)N2c1cccc2cnccc12. The summed E-state index contributed by atoms with van der Waals surface area (Å²) in [4.78, 5) is 6.97. The number of hydrogen-bond acceptors (Lipinski definition) is 3. The molecule has 2 atom stereocenters. The Kier molecular flexibility index (Phi) is 3.30. The molecule has 2 saturated heterocycles. The summed E-state index contributed by atoms with van der Waals surface area (Å²) in [5, 5.41) is 6.26. The Balaban J connectivity index is 1.70. The molecule has 0 amide bonds. The van der Waals surface area contributed by atoms with Crippen molar-refractivity contribution in [1.82, 2.24) is 10.3 Å². The molecule has 1 aromatic heterocycles. The van der Waals surface area contributed by atoms with Crippen molar-refractivity contribution in [3.8, 4) is 0 Å². The van der Waals surface area contributed by atoms with Gasteiger partial charge in [-0.15, -0.1) is 0 Å². The van der Waals surface area contributed by atoms with E-state index in [0.717, 1.165) is 6.54 Å². The van der Waals surface area contributed by atoms with Gasteiger partial charge in [-0.2, -0.15) is 0 Å². The number of nitrogens with one attached hydrogen (secondary N) is 1. The second-order valence-corrected chi connectivity index (χ2v) is 6.39. The fourth-order valence-corrected chi connectivity index (χ4v) is 4.36. The number of hydrogen-bond donors (Lipinski definition) is 1. The van der Waals surface area contributed by atoms with Crippen molar-refractivity contribution >= 4 is 16.5 Å². The predicted octanol–water partition coefficient (Wildman–Crippen LogP) is 3.34. The van der Waals surface area contributed by atoms with E-state index in [2.05, 4.69) is 46.4 Å². The zero-order valence-corrected chi connectivity index (χ0v) is 12.6. The van der Waals surface area contributed by atoms with E-state index in [1.807, 2.05) is 12.4 Å². The second-order valence-electron chi connectivity index (χ2n) is 6.39. The first-order valence-electron chi connectivity index (χ1n) is 8.21. The van der Waals surface area contributed by atoms with Crippen molar-refractivity contribution in [2.75, 3.05) is 11.4 Å². The molecule has 2 bridgehead atoms. The molecule has 2 aliphatic heterocycles. The van der Waals surface area contributed by atoms with Gasteiger partial charge in [-0.1, -0.05) is 19.1 Å². The number of pyridine rings is 1. The van der Waals surface area contributed by atoms with Crippen LogP contribution in [0.5, 0.6) is 0 Å². The van der Waals surface area contributed by atoms with Gasteiger partial charge in [0.15, 0.2) is 0 Å². The van der Waals surface area contributed by atoms with Gasteiger partial charge in [0.25, 0.3) is 0 Å². The van der Waals surface area contributed by atoms with Gasteiger partial charge in [-0.3, -0.25) is 4.98 Å². The second kappa shape index (κ2) is 5.30. The van der Waals surface area contributed by atoms with Gasteiger partial charge in [0.1, 0.15) is 0 Å². The summed E-state index contributed by atoms with van der Waals surface area (Å²) in [6, 6.07) is 10.9. The Bertz CT molecular complexity index is 620. The van der Waals surface area contributed by atoms with E-state index >= 15 is 0 Å². The van der Waals surface area contributed by atoms with Gasteiger partial charge >= 0.3 is 0 Å². The van der Waals surface area contributed by atoms with E-state index in [1.54, 1.807) is 0 Å². The van der Waals surface area contributed by atoms with Gasteiger partial charge in [0.05, 0.1) is 0 Å². The molecule has 0 saturated carbocycles. The maximum atomic E-state index is 4.26. The molecule has 1 N–H and O–H groups in total. The van der Waals surface area contributed by atoms with Crippen molar-refractivity contribution in [2.45, 2.75) is 50.7 Å². The highest BCUT2D eigenvalue weighted by Gasteiger charge is 2.40. The molecule has 4 rings (SSSR count). The fourth-order valence-electron chi connectivity index (χ4n) is 4.36. The average molecular weight is 281 g/mol. The average Bonchev–Trinajstić information content (AvgIpc) is 2.78. The molecule has 2 unspecified atom stereocenters. The molecule has 0 aliphatic carbocycles. The number of aromatic nitrogens is 1. The van der Waals surface area contributed by atoms with Crippen LogP contribution < -0.4 is 10.2 Å². The highest BCUT2D eigenvalue weighted by atomic mass is 15.2. The van der Waals surface area contributed by atoms with E-state index < -0.39 is 0 Å². The monoisotopic (exact) mass is 281 g/mol. The molecular formula is C18H23N3. The molecule has 110 valence electrons. The van der Waals surface area contributed by atoms with Crippen molar-refractivity contribution < 1.29 is 0 Å². The highest BCUT2D eigenvalue weighted by molar-refractivity contribution is 5.94. The zero-order valence-electron chi connectivity index (χ0n) is 12.6. The molecule has 3 nitrogen and oxygen atoms in total. The zero-order chi connectivity index (χ0) is 14.2. The predicted molar refractivity (Wildman–Crippen MR) is 87.7 cm³/mol. The molecule has 2 fully saturated rings. The number of rotatable bonds is 3. The largest absolute Gasteiger partial charge is 0.365 e. The van der Waals surface area contributed by atoms with Gasteiger partial charge in [0, 0.05) is 47.0 Å². The first-order chi connectivity index (χ1) is 10.4. The first-order valence-corrected chi connectivity index (χ1v) is 8.21. The van der Waals surface area contributed by atoms with Crippen molar-refractivity contribution in [3.63, 3.8) is 0 Å². The highest BCUT2D eigenvalue weighted by Crippen LogP contribution is 2.41. The Morgan fingerprint density at radius 1 is 1.19 bits per heavy atom. The van der Waals surface area contributed by atoms with Crippen LogP contribution in [0, 0.1) is 0 Å². The third kappa shape index (κ3) is 2.20. The molecule has 0 radical (unpaired) electrons. The van der Waals surface area contributed by atoms with Crippen LogP contribution in [0.2, 0.25) is 0 Å². The lowest BCUT2D eigenvalue weighted by Gasteiger charge is -2.41. The summed E-state index contributed by atoms with van der Waals surface area (Å²) in [6.07, 6.45) is 9.14. The minimum atomic E-state index is 0.701. The van der Waals surface area contributed by atoms with Crippen LogP contribution in [0.4, 0.5) is 5.69 Å². The number of nitrogens with zero attached hydrogens (tertiary/aromatic N) is 2. The van der Waals surface area contributed by atoms with Crippen LogP contribution in [0.15, 0.2) is 36.7 Å². The fraction of sp³-hybridized carbons (Fsp3) is 0.500. The molecule has 2 aliphatic rings. The van der Waals surface area contributed by atoms with Crippen LogP contribution in [-0.4, -0.2) is 29.7 Å². The minimum Gasteiger partial charge on any atom is -0.365 e. The van der Waals surface area contributed by atoms with Crippen LogP contribution >= 0.6 is 0 Å².